The summed E-state index contributed by atoms with van der Waals surface area (Å²) in [6, 6.07) is 17.3. The quantitative estimate of drug-likeness (QED) is 0.195. The van der Waals surface area contributed by atoms with E-state index in [0.29, 0.717) is 44.5 Å². The van der Waals surface area contributed by atoms with Crippen LogP contribution in [-0.4, -0.2) is 17.1 Å². The highest BCUT2D eigenvalue weighted by Crippen LogP contribution is 2.34. The molecule has 0 amide bonds. The number of fused-ring (bicyclic) bond motifs is 1. The lowest BCUT2D eigenvalue weighted by molar-refractivity contribution is -0.139. The molecule has 2 aromatic carbocycles. The molecule has 0 aliphatic carbocycles. The lowest BCUT2D eigenvalue weighted by Gasteiger charge is -2.26. The first-order valence-corrected chi connectivity index (χ1v) is 15.5. The molecule has 212 valence electrons. The number of nitrogens with zero attached hydrogens (tertiary/aromatic N) is 2. The first-order valence-electron chi connectivity index (χ1n) is 13.9. The normalized spacial score (nSPS) is 15.3. The fourth-order valence-electron chi connectivity index (χ4n) is 5.02. The maximum atomic E-state index is 14.0. The molecule has 1 atom stereocenters. The SMILES string of the molecule is CCCC1=C(C(=O)OCC)[C@@H](c2ccc(C(C)C)cc2)n2c(s/c(=C\c3ccc(-c4ccc(C)cc4Br)o3)c2=O)=N1. The van der Waals surface area contributed by atoms with Crippen molar-refractivity contribution in [1.82, 2.24) is 4.57 Å². The number of allylic oxidation sites excluding steroid dienone is 1. The number of furan rings is 1. The van der Waals surface area contributed by atoms with Gasteiger partial charge in [-0.3, -0.25) is 9.36 Å². The summed E-state index contributed by atoms with van der Waals surface area (Å²) in [6.45, 7) is 10.4. The summed E-state index contributed by atoms with van der Waals surface area (Å²) in [5.74, 6) is 1.19. The van der Waals surface area contributed by atoms with Crippen LogP contribution in [0.1, 0.15) is 74.9 Å². The summed E-state index contributed by atoms with van der Waals surface area (Å²) in [5, 5.41) is 0. The topological polar surface area (TPSA) is 73.8 Å². The van der Waals surface area contributed by atoms with Crippen molar-refractivity contribution in [2.75, 3.05) is 6.61 Å². The summed E-state index contributed by atoms with van der Waals surface area (Å²) >= 11 is 4.92. The number of carbonyl (C=O) groups excluding carboxylic acids is 1. The van der Waals surface area contributed by atoms with Gasteiger partial charge in [0.1, 0.15) is 11.5 Å². The first-order chi connectivity index (χ1) is 19.7. The third kappa shape index (κ3) is 5.81. The zero-order valence-corrected chi connectivity index (χ0v) is 26.3. The molecular formula is C33H33BrN2O4S. The summed E-state index contributed by atoms with van der Waals surface area (Å²) < 4.78 is 14.7. The molecule has 4 aromatic rings. The van der Waals surface area contributed by atoms with Gasteiger partial charge in [0.05, 0.1) is 28.5 Å². The van der Waals surface area contributed by atoms with E-state index >= 15 is 0 Å². The van der Waals surface area contributed by atoms with Crippen LogP contribution in [0, 0.1) is 6.92 Å². The molecule has 0 saturated carbocycles. The van der Waals surface area contributed by atoms with E-state index in [1.165, 1.54) is 16.9 Å². The van der Waals surface area contributed by atoms with Crippen LogP contribution in [0.3, 0.4) is 0 Å². The number of rotatable bonds is 8. The van der Waals surface area contributed by atoms with Crippen LogP contribution in [0.25, 0.3) is 17.4 Å². The van der Waals surface area contributed by atoms with Crippen LogP contribution in [0.4, 0.5) is 0 Å². The van der Waals surface area contributed by atoms with Gasteiger partial charge < -0.3 is 9.15 Å². The molecular weight excluding hydrogens is 600 g/mol. The Morgan fingerprint density at radius 1 is 1.15 bits per heavy atom. The number of benzene rings is 2. The van der Waals surface area contributed by atoms with Crippen molar-refractivity contribution in [3.8, 4) is 11.3 Å². The molecule has 3 heterocycles. The fourth-order valence-corrected chi connectivity index (χ4v) is 6.71. The van der Waals surface area contributed by atoms with Crippen molar-refractivity contribution in [2.45, 2.75) is 59.4 Å². The van der Waals surface area contributed by atoms with Gasteiger partial charge >= 0.3 is 5.97 Å². The number of aryl methyl sites for hydroxylation is 1. The van der Waals surface area contributed by atoms with Crippen molar-refractivity contribution in [3.63, 3.8) is 0 Å². The monoisotopic (exact) mass is 632 g/mol. The molecule has 0 fully saturated rings. The number of ether oxygens (including phenoxy) is 1. The van der Waals surface area contributed by atoms with Gasteiger partial charge in [0.2, 0.25) is 0 Å². The molecule has 0 radical (unpaired) electrons. The Balaban J connectivity index is 1.66. The minimum Gasteiger partial charge on any atom is -0.463 e. The fraction of sp³-hybridized carbons (Fsp3) is 0.303. The number of esters is 1. The van der Waals surface area contributed by atoms with Crippen LogP contribution in [-0.2, 0) is 9.53 Å². The van der Waals surface area contributed by atoms with Crippen LogP contribution in [0.5, 0.6) is 0 Å². The van der Waals surface area contributed by atoms with E-state index < -0.39 is 12.0 Å². The van der Waals surface area contributed by atoms with Gasteiger partial charge in [-0.2, -0.15) is 0 Å². The number of hydrogen-bond acceptors (Lipinski definition) is 6. The van der Waals surface area contributed by atoms with E-state index in [4.69, 9.17) is 14.1 Å². The molecule has 8 heteroatoms. The molecule has 5 rings (SSSR count). The van der Waals surface area contributed by atoms with Crippen LogP contribution in [0.2, 0.25) is 0 Å². The zero-order chi connectivity index (χ0) is 29.3. The maximum absolute atomic E-state index is 14.0. The Morgan fingerprint density at radius 2 is 1.90 bits per heavy atom. The Kier molecular flexibility index (Phi) is 8.61. The van der Waals surface area contributed by atoms with E-state index in [-0.39, 0.29) is 12.2 Å². The van der Waals surface area contributed by atoms with Gasteiger partial charge in [-0.05, 0) is 67.1 Å². The van der Waals surface area contributed by atoms with Crippen molar-refractivity contribution in [3.05, 3.63) is 112 Å². The summed E-state index contributed by atoms with van der Waals surface area (Å²) in [5.41, 5.74) is 4.98. The molecule has 1 aliphatic heterocycles. The Morgan fingerprint density at radius 3 is 2.56 bits per heavy atom. The average Bonchev–Trinajstić information content (AvgIpc) is 3.52. The lowest BCUT2D eigenvalue weighted by Crippen LogP contribution is -2.40. The highest BCUT2D eigenvalue weighted by atomic mass is 79.9. The van der Waals surface area contributed by atoms with Crippen molar-refractivity contribution < 1.29 is 13.9 Å². The van der Waals surface area contributed by atoms with E-state index in [1.807, 2.05) is 56.3 Å². The number of carbonyl (C=O) groups is 1. The minimum absolute atomic E-state index is 0.224. The van der Waals surface area contributed by atoms with Crippen LogP contribution < -0.4 is 14.9 Å². The number of hydrogen-bond donors (Lipinski definition) is 0. The van der Waals surface area contributed by atoms with Crippen molar-refractivity contribution in [1.29, 1.82) is 0 Å². The smallest absolute Gasteiger partial charge is 0.338 e. The van der Waals surface area contributed by atoms with Gasteiger partial charge in [0.25, 0.3) is 5.56 Å². The summed E-state index contributed by atoms with van der Waals surface area (Å²) in [7, 11) is 0. The number of aromatic nitrogens is 1. The molecule has 0 bridgehead atoms. The van der Waals surface area contributed by atoms with E-state index in [1.54, 1.807) is 17.6 Å². The molecule has 0 saturated heterocycles. The largest absolute Gasteiger partial charge is 0.463 e. The minimum atomic E-state index is -0.633. The lowest BCUT2D eigenvalue weighted by atomic mass is 9.92. The first kappa shape index (κ1) is 29.0. The van der Waals surface area contributed by atoms with Gasteiger partial charge in [0, 0.05) is 16.1 Å². The highest BCUT2D eigenvalue weighted by Gasteiger charge is 2.34. The average molecular weight is 634 g/mol. The zero-order valence-electron chi connectivity index (χ0n) is 23.9. The highest BCUT2D eigenvalue weighted by molar-refractivity contribution is 9.10. The van der Waals surface area contributed by atoms with Gasteiger partial charge in [-0.15, -0.1) is 0 Å². The second-order valence-corrected chi connectivity index (χ2v) is 12.3. The van der Waals surface area contributed by atoms with Gasteiger partial charge in [0.15, 0.2) is 4.80 Å². The van der Waals surface area contributed by atoms with Crippen LogP contribution in [0.15, 0.2) is 84.5 Å². The maximum Gasteiger partial charge on any atom is 0.338 e. The standard InChI is InChI=1S/C33H33BrN2O4S/c1-6-8-26-29(32(38)39-7-2)30(22-12-10-21(11-13-22)19(3)4)36-31(37)28(41-33(36)35-26)18-23-14-16-27(40-23)24-15-9-20(5)17-25(24)34/h9-19,30H,6-8H2,1-5H3/b28-18-/t30-/m1/s1. The second kappa shape index (κ2) is 12.2. The Bertz CT molecular complexity index is 1810. The predicted molar refractivity (Wildman–Crippen MR) is 167 cm³/mol. The molecule has 1 aliphatic rings. The summed E-state index contributed by atoms with van der Waals surface area (Å²) in [4.78, 5) is 32.8. The molecule has 41 heavy (non-hydrogen) atoms. The molecule has 0 N–H and O–H groups in total. The van der Waals surface area contributed by atoms with Crippen molar-refractivity contribution >= 4 is 39.3 Å². The number of thiazole rings is 1. The molecule has 6 nitrogen and oxygen atoms in total. The van der Waals surface area contributed by atoms with E-state index in [9.17, 15) is 9.59 Å². The summed E-state index contributed by atoms with van der Waals surface area (Å²) in [6.07, 6.45) is 3.16. The predicted octanol–water partition coefficient (Wildman–Crippen LogP) is 7.03. The van der Waals surface area contributed by atoms with E-state index in [0.717, 1.165) is 27.6 Å². The second-order valence-electron chi connectivity index (χ2n) is 10.4. The Hall–Kier alpha value is -3.49. The van der Waals surface area contributed by atoms with E-state index in [2.05, 4.69) is 41.9 Å². The van der Waals surface area contributed by atoms with Crippen LogP contribution >= 0.6 is 27.3 Å². The third-order valence-corrected chi connectivity index (χ3v) is 8.74. The third-order valence-electron chi connectivity index (χ3n) is 7.10. The van der Waals surface area contributed by atoms with Gasteiger partial charge in [-0.1, -0.05) is 84.8 Å². The van der Waals surface area contributed by atoms with Gasteiger partial charge in [-0.25, -0.2) is 9.79 Å². The number of halogens is 1. The Labute approximate surface area is 251 Å². The molecule has 0 spiro atoms. The molecule has 0 unspecified atom stereocenters. The molecule has 2 aromatic heterocycles. The van der Waals surface area contributed by atoms with Crippen molar-refractivity contribution in [2.24, 2.45) is 4.99 Å².